The summed E-state index contributed by atoms with van der Waals surface area (Å²) in [4.78, 5) is 26.2. The van der Waals surface area contributed by atoms with Gasteiger partial charge >= 0.3 is 0 Å². The molecule has 0 bridgehead atoms. The van der Waals surface area contributed by atoms with Crippen molar-refractivity contribution in [3.8, 4) is 0 Å². The fourth-order valence-electron chi connectivity index (χ4n) is 2.81. The summed E-state index contributed by atoms with van der Waals surface area (Å²) >= 11 is 0. The monoisotopic (exact) mass is 266 g/mol. The molecule has 1 saturated heterocycles. The summed E-state index contributed by atoms with van der Waals surface area (Å²) in [6.07, 6.45) is 5.99. The van der Waals surface area contributed by atoms with Crippen LogP contribution in [0.25, 0.3) is 0 Å². The molecule has 4 nitrogen and oxygen atoms in total. The van der Waals surface area contributed by atoms with Crippen molar-refractivity contribution in [2.24, 2.45) is 11.8 Å². The molecule has 2 amide bonds. The summed E-state index contributed by atoms with van der Waals surface area (Å²) in [6, 6.07) is -0.206. The summed E-state index contributed by atoms with van der Waals surface area (Å²) in [5.41, 5.74) is 0. The van der Waals surface area contributed by atoms with E-state index in [9.17, 15) is 9.59 Å². The van der Waals surface area contributed by atoms with Crippen molar-refractivity contribution in [2.75, 3.05) is 13.1 Å². The molecule has 2 fully saturated rings. The van der Waals surface area contributed by atoms with E-state index in [1.54, 1.807) is 0 Å². The lowest BCUT2D eigenvalue weighted by molar-refractivity contribution is -0.139. The molecule has 19 heavy (non-hydrogen) atoms. The molecule has 1 heterocycles. The van der Waals surface area contributed by atoms with Crippen molar-refractivity contribution in [2.45, 2.75) is 58.4 Å². The molecule has 1 atom stereocenters. The average Bonchev–Trinajstić information content (AvgIpc) is 3.15. The Bertz CT molecular complexity index is 335. The first kappa shape index (κ1) is 14.4. The molecule has 0 aromatic carbocycles. The molecule has 0 spiro atoms. The zero-order valence-corrected chi connectivity index (χ0v) is 12.2. The van der Waals surface area contributed by atoms with Crippen molar-refractivity contribution in [1.29, 1.82) is 0 Å². The average molecular weight is 266 g/mol. The second kappa shape index (κ2) is 6.40. The van der Waals surface area contributed by atoms with Crippen LogP contribution in [-0.2, 0) is 9.59 Å². The Labute approximate surface area is 115 Å². The van der Waals surface area contributed by atoms with Crippen LogP contribution < -0.4 is 5.32 Å². The van der Waals surface area contributed by atoms with Crippen molar-refractivity contribution in [3.05, 3.63) is 0 Å². The third-order valence-corrected chi connectivity index (χ3v) is 4.48. The van der Waals surface area contributed by atoms with Gasteiger partial charge in [0.15, 0.2) is 0 Å². The molecule has 0 aromatic rings. The molecule has 1 N–H and O–H groups in total. The SMILES string of the molecule is CCC(CC)CNC(=O)C1CCCN1C(=O)C1CC1. The van der Waals surface area contributed by atoms with Crippen LogP contribution in [0.3, 0.4) is 0 Å². The number of rotatable bonds is 6. The lowest BCUT2D eigenvalue weighted by Gasteiger charge is -2.25. The van der Waals surface area contributed by atoms with E-state index in [2.05, 4.69) is 19.2 Å². The van der Waals surface area contributed by atoms with E-state index in [4.69, 9.17) is 0 Å². The van der Waals surface area contributed by atoms with Gasteiger partial charge in [-0.15, -0.1) is 0 Å². The van der Waals surface area contributed by atoms with E-state index >= 15 is 0 Å². The Kier molecular flexibility index (Phi) is 4.83. The summed E-state index contributed by atoms with van der Waals surface area (Å²) in [7, 11) is 0. The predicted octanol–water partition coefficient (Wildman–Crippen LogP) is 1.94. The maximum Gasteiger partial charge on any atom is 0.242 e. The first-order chi connectivity index (χ1) is 9.17. The number of hydrogen-bond donors (Lipinski definition) is 1. The van der Waals surface area contributed by atoms with Crippen LogP contribution in [0.5, 0.6) is 0 Å². The quantitative estimate of drug-likeness (QED) is 0.798. The summed E-state index contributed by atoms with van der Waals surface area (Å²) in [6.45, 7) is 5.81. The molecule has 1 unspecified atom stereocenters. The highest BCUT2D eigenvalue weighted by Gasteiger charge is 2.40. The smallest absolute Gasteiger partial charge is 0.242 e. The van der Waals surface area contributed by atoms with Crippen LogP contribution in [0.15, 0.2) is 0 Å². The number of likely N-dealkylation sites (tertiary alicyclic amines) is 1. The number of carbonyl (C=O) groups is 2. The van der Waals surface area contributed by atoms with Crippen LogP contribution in [-0.4, -0.2) is 35.8 Å². The van der Waals surface area contributed by atoms with Crippen molar-refractivity contribution in [1.82, 2.24) is 10.2 Å². The molecule has 2 rings (SSSR count). The Morgan fingerprint density at radius 1 is 1.21 bits per heavy atom. The molecule has 1 aliphatic carbocycles. The van der Waals surface area contributed by atoms with Crippen LogP contribution in [0, 0.1) is 11.8 Å². The van der Waals surface area contributed by atoms with Gasteiger partial charge in [-0.3, -0.25) is 9.59 Å². The highest BCUT2D eigenvalue weighted by Crippen LogP contribution is 2.33. The van der Waals surface area contributed by atoms with Gasteiger partial charge in [0.1, 0.15) is 6.04 Å². The molecule has 0 aromatic heterocycles. The summed E-state index contributed by atoms with van der Waals surface area (Å²) in [5.74, 6) is 1.03. The minimum absolute atomic E-state index is 0.0541. The topological polar surface area (TPSA) is 49.4 Å². The second-order valence-electron chi connectivity index (χ2n) is 5.89. The van der Waals surface area contributed by atoms with Crippen LogP contribution >= 0.6 is 0 Å². The van der Waals surface area contributed by atoms with E-state index < -0.39 is 0 Å². The molecule has 2 aliphatic rings. The summed E-state index contributed by atoms with van der Waals surface area (Å²) in [5, 5.41) is 3.04. The Morgan fingerprint density at radius 3 is 2.47 bits per heavy atom. The lowest BCUT2D eigenvalue weighted by Crippen LogP contribution is -2.47. The highest BCUT2D eigenvalue weighted by atomic mass is 16.2. The van der Waals surface area contributed by atoms with E-state index in [0.717, 1.165) is 51.6 Å². The van der Waals surface area contributed by atoms with Gasteiger partial charge in [-0.25, -0.2) is 0 Å². The fourth-order valence-corrected chi connectivity index (χ4v) is 2.81. The van der Waals surface area contributed by atoms with Crippen LogP contribution in [0.2, 0.25) is 0 Å². The van der Waals surface area contributed by atoms with E-state index in [0.29, 0.717) is 5.92 Å². The molecular weight excluding hydrogens is 240 g/mol. The first-order valence-corrected chi connectivity index (χ1v) is 7.75. The van der Waals surface area contributed by atoms with Gasteiger partial charge in [0.2, 0.25) is 11.8 Å². The van der Waals surface area contributed by atoms with E-state index in [1.807, 2.05) is 4.90 Å². The molecule has 1 saturated carbocycles. The number of hydrogen-bond acceptors (Lipinski definition) is 2. The van der Waals surface area contributed by atoms with E-state index in [-0.39, 0.29) is 23.8 Å². The Hall–Kier alpha value is -1.06. The molecular formula is C15H26N2O2. The Balaban J connectivity index is 1.85. The van der Waals surface area contributed by atoms with Gasteiger partial charge in [0.25, 0.3) is 0 Å². The van der Waals surface area contributed by atoms with Gasteiger partial charge in [-0.1, -0.05) is 26.7 Å². The fraction of sp³-hybridized carbons (Fsp3) is 0.867. The van der Waals surface area contributed by atoms with E-state index in [1.165, 1.54) is 0 Å². The summed E-state index contributed by atoms with van der Waals surface area (Å²) < 4.78 is 0. The maximum atomic E-state index is 12.2. The number of nitrogens with zero attached hydrogens (tertiary/aromatic N) is 1. The molecule has 4 heteroatoms. The molecule has 108 valence electrons. The van der Waals surface area contributed by atoms with Gasteiger partial charge in [0.05, 0.1) is 0 Å². The number of amides is 2. The maximum absolute atomic E-state index is 12.2. The van der Waals surface area contributed by atoms with Gasteiger partial charge in [-0.2, -0.15) is 0 Å². The first-order valence-electron chi connectivity index (χ1n) is 7.75. The minimum Gasteiger partial charge on any atom is -0.354 e. The highest BCUT2D eigenvalue weighted by molar-refractivity contribution is 5.89. The number of nitrogens with one attached hydrogen (secondary N) is 1. The van der Waals surface area contributed by atoms with Crippen LogP contribution in [0.1, 0.15) is 52.4 Å². The van der Waals surface area contributed by atoms with Gasteiger partial charge in [0, 0.05) is 19.0 Å². The molecule has 1 aliphatic heterocycles. The predicted molar refractivity (Wildman–Crippen MR) is 74.5 cm³/mol. The minimum atomic E-state index is -0.206. The molecule has 0 radical (unpaired) electrons. The number of carbonyl (C=O) groups excluding carboxylic acids is 2. The van der Waals surface area contributed by atoms with Gasteiger partial charge < -0.3 is 10.2 Å². The van der Waals surface area contributed by atoms with Crippen molar-refractivity contribution in [3.63, 3.8) is 0 Å². The second-order valence-corrected chi connectivity index (χ2v) is 5.89. The van der Waals surface area contributed by atoms with Gasteiger partial charge in [-0.05, 0) is 31.6 Å². The third-order valence-electron chi connectivity index (χ3n) is 4.48. The normalized spacial score (nSPS) is 22.9. The van der Waals surface area contributed by atoms with Crippen LogP contribution in [0.4, 0.5) is 0 Å². The standard InChI is InChI=1S/C15H26N2O2/c1-3-11(4-2)10-16-14(18)13-6-5-9-17(13)15(19)12-7-8-12/h11-13H,3-10H2,1-2H3,(H,16,18). The lowest BCUT2D eigenvalue weighted by atomic mass is 10.0. The largest absolute Gasteiger partial charge is 0.354 e. The zero-order valence-electron chi connectivity index (χ0n) is 12.2. The third kappa shape index (κ3) is 3.48. The zero-order chi connectivity index (χ0) is 13.8. The van der Waals surface area contributed by atoms with Crippen molar-refractivity contribution >= 4 is 11.8 Å². The van der Waals surface area contributed by atoms with Crippen molar-refractivity contribution < 1.29 is 9.59 Å². The Morgan fingerprint density at radius 2 is 1.89 bits per heavy atom.